The van der Waals surface area contributed by atoms with Crippen molar-refractivity contribution >= 4 is 16.1 Å². The van der Waals surface area contributed by atoms with Crippen LogP contribution in [0.15, 0.2) is 0 Å². The van der Waals surface area contributed by atoms with Gasteiger partial charge in [0.25, 0.3) is 10.1 Å². The van der Waals surface area contributed by atoms with Crippen LogP contribution in [0.25, 0.3) is 0 Å². The van der Waals surface area contributed by atoms with Gasteiger partial charge in [-0.3, -0.25) is 8.98 Å². The molecule has 0 aliphatic heterocycles. The Morgan fingerprint density at radius 1 is 1.29 bits per heavy atom. The van der Waals surface area contributed by atoms with Crippen LogP contribution in [0.5, 0.6) is 0 Å². The Hall–Kier alpha value is -1.06. The fourth-order valence-electron chi connectivity index (χ4n) is 0.457. The smallest absolute Gasteiger partial charge is 0.306 e. The Balaban J connectivity index is 3.60. The highest BCUT2D eigenvalue weighted by Crippen LogP contribution is 1.84. The van der Waals surface area contributed by atoms with E-state index in [0.29, 0.717) is 6.42 Å². The lowest BCUT2D eigenvalue weighted by Gasteiger charge is -1.95. The second kappa shape index (κ2) is 6.40. The highest BCUT2D eigenvalue weighted by atomic mass is 32.2. The number of hydrogen-bond donors (Lipinski definition) is 0. The van der Waals surface area contributed by atoms with Gasteiger partial charge in [0.05, 0.1) is 6.26 Å². The van der Waals surface area contributed by atoms with Gasteiger partial charge in [0.2, 0.25) is 0 Å². The summed E-state index contributed by atoms with van der Waals surface area (Å²) in [7, 11) is -3.44. The molecule has 6 heteroatoms. The zero-order chi connectivity index (χ0) is 11.0. The van der Waals surface area contributed by atoms with E-state index in [1.54, 1.807) is 6.92 Å². The zero-order valence-corrected chi connectivity index (χ0v) is 8.89. The van der Waals surface area contributed by atoms with Gasteiger partial charge in [-0.15, -0.1) is 0 Å². The van der Waals surface area contributed by atoms with Crippen molar-refractivity contribution in [3.05, 3.63) is 0 Å². The van der Waals surface area contributed by atoms with Crippen molar-refractivity contribution in [1.82, 2.24) is 0 Å². The Kier molecular flexibility index (Phi) is 5.92. The third kappa shape index (κ3) is 9.03. The van der Waals surface area contributed by atoms with Gasteiger partial charge >= 0.3 is 5.97 Å². The number of carbonyl (C=O) groups excluding carboxylic acids is 1. The van der Waals surface area contributed by atoms with Crippen molar-refractivity contribution in [1.29, 1.82) is 0 Å². The fraction of sp³-hybridized carbons (Fsp3) is 0.625. The zero-order valence-electron chi connectivity index (χ0n) is 8.07. The van der Waals surface area contributed by atoms with E-state index in [-0.39, 0.29) is 19.2 Å². The maximum Gasteiger partial charge on any atom is 0.306 e. The molecule has 0 saturated heterocycles. The first kappa shape index (κ1) is 12.9. The molecule has 0 heterocycles. The van der Waals surface area contributed by atoms with Crippen LogP contribution in [0.1, 0.15) is 13.3 Å². The number of hydrogen-bond acceptors (Lipinski definition) is 5. The first-order valence-electron chi connectivity index (χ1n) is 3.91. The van der Waals surface area contributed by atoms with Crippen molar-refractivity contribution in [3.8, 4) is 11.8 Å². The molecule has 0 unspecified atom stereocenters. The molecule has 0 atom stereocenters. The Morgan fingerprint density at radius 2 is 1.86 bits per heavy atom. The first-order valence-corrected chi connectivity index (χ1v) is 5.73. The molecule has 14 heavy (non-hydrogen) atoms. The van der Waals surface area contributed by atoms with E-state index in [0.717, 1.165) is 6.26 Å². The minimum absolute atomic E-state index is 0.0419. The molecule has 0 amide bonds. The summed E-state index contributed by atoms with van der Waals surface area (Å²) in [5.41, 5.74) is 0. The lowest BCUT2D eigenvalue weighted by molar-refractivity contribution is -0.141. The third-order valence-electron chi connectivity index (χ3n) is 1.06. The molecule has 0 fully saturated rings. The van der Waals surface area contributed by atoms with Gasteiger partial charge in [-0.2, -0.15) is 8.42 Å². The Labute approximate surface area is 83.5 Å². The molecule has 0 aromatic rings. The average molecular weight is 220 g/mol. The topological polar surface area (TPSA) is 69.7 Å². The van der Waals surface area contributed by atoms with Gasteiger partial charge in [-0.05, 0) is 0 Å². The van der Waals surface area contributed by atoms with Crippen molar-refractivity contribution in [2.45, 2.75) is 13.3 Å². The van der Waals surface area contributed by atoms with E-state index >= 15 is 0 Å². The summed E-state index contributed by atoms with van der Waals surface area (Å²) in [6.07, 6.45) is 1.23. The molecule has 0 saturated carbocycles. The summed E-state index contributed by atoms with van der Waals surface area (Å²) in [4.78, 5) is 10.6. The van der Waals surface area contributed by atoms with Crippen molar-refractivity contribution in [2.24, 2.45) is 0 Å². The van der Waals surface area contributed by atoms with Crippen molar-refractivity contribution in [3.63, 3.8) is 0 Å². The van der Waals surface area contributed by atoms with Crippen molar-refractivity contribution in [2.75, 3.05) is 19.5 Å². The van der Waals surface area contributed by atoms with E-state index in [9.17, 15) is 13.2 Å². The summed E-state index contributed by atoms with van der Waals surface area (Å²) in [6, 6.07) is 0. The van der Waals surface area contributed by atoms with E-state index < -0.39 is 10.1 Å². The number of carbonyl (C=O) groups is 1. The van der Waals surface area contributed by atoms with Gasteiger partial charge in [0.1, 0.15) is 6.61 Å². The highest BCUT2D eigenvalue weighted by molar-refractivity contribution is 7.85. The minimum Gasteiger partial charge on any atom is -0.452 e. The normalized spacial score (nSPS) is 10.1. The molecule has 0 aromatic carbocycles. The van der Waals surface area contributed by atoms with Crippen LogP contribution in [0, 0.1) is 11.8 Å². The van der Waals surface area contributed by atoms with Crippen LogP contribution in [0.4, 0.5) is 0 Å². The molecule has 0 bridgehead atoms. The maximum atomic E-state index is 10.6. The van der Waals surface area contributed by atoms with Crippen LogP contribution in [0.2, 0.25) is 0 Å². The van der Waals surface area contributed by atoms with Crippen LogP contribution < -0.4 is 0 Å². The van der Waals surface area contributed by atoms with E-state index in [2.05, 4.69) is 20.8 Å². The molecular weight excluding hydrogens is 208 g/mol. The van der Waals surface area contributed by atoms with E-state index in [1.807, 2.05) is 0 Å². The second-order valence-corrected chi connectivity index (χ2v) is 3.98. The molecule has 0 spiro atoms. The number of rotatable bonds is 4. The van der Waals surface area contributed by atoms with Gasteiger partial charge in [-0.25, -0.2) is 0 Å². The monoisotopic (exact) mass is 220 g/mol. The van der Waals surface area contributed by atoms with Gasteiger partial charge in [-0.1, -0.05) is 18.8 Å². The highest BCUT2D eigenvalue weighted by Gasteiger charge is 1.97. The van der Waals surface area contributed by atoms with Gasteiger partial charge in [0.15, 0.2) is 6.61 Å². The predicted molar refractivity (Wildman–Crippen MR) is 49.8 cm³/mol. The van der Waals surface area contributed by atoms with Crippen LogP contribution in [-0.4, -0.2) is 33.9 Å². The SMILES string of the molecule is CCC(=O)OCC#CCOS(C)(=O)=O. The summed E-state index contributed by atoms with van der Waals surface area (Å²) < 4.78 is 29.8. The summed E-state index contributed by atoms with van der Waals surface area (Å²) >= 11 is 0. The first-order chi connectivity index (χ1) is 6.45. The molecule has 0 N–H and O–H groups in total. The minimum atomic E-state index is -3.44. The van der Waals surface area contributed by atoms with Crippen LogP contribution in [0.3, 0.4) is 0 Å². The summed E-state index contributed by atoms with van der Waals surface area (Å²) in [5, 5.41) is 0. The maximum absolute atomic E-state index is 10.6. The van der Waals surface area contributed by atoms with Crippen LogP contribution >= 0.6 is 0 Å². The molecule has 80 valence electrons. The third-order valence-corrected chi connectivity index (χ3v) is 1.61. The van der Waals surface area contributed by atoms with Crippen LogP contribution in [-0.2, 0) is 23.8 Å². The molecule has 0 rings (SSSR count). The Morgan fingerprint density at radius 3 is 2.36 bits per heavy atom. The van der Waals surface area contributed by atoms with Crippen molar-refractivity contribution < 1.29 is 22.1 Å². The molecule has 0 aromatic heterocycles. The van der Waals surface area contributed by atoms with E-state index in [4.69, 9.17) is 0 Å². The average Bonchev–Trinajstić information content (AvgIpc) is 2.08. The van der Waals surface area contributed by atoms with Gasteiger partial charge < -0.3 is 4.74 Å². The Bertz CT molecular complexity index is 332. The lowest BCUT2D eigenvalue weighted by atomic mass is 10.5. The van der Waals surface area contributed by atoms with E-state index in [1.165, 1.54) is 0 Å². The molecule has 0 radical (unpaired) electrons. The molecule has 0 aliphatic rings. The largest absolute Gasteiger partial charge is 0.452 e. The summed E-state index contributed by atoms with van der Waals surface area (Å²) in [6.45, 7) is 1.41. The molecular formula is C8H12O5S. The quantitative estimate of drug-likeness (QED) is 0.376. The fourth-order valence-corrected chi connectivity index (χ4v) is 0.730. The standard InChI is InChI=1S/C8H12O5S/c1-3-8(9)12-6-4-5-7-13-14(2,10)11/h3,6-7H2,1-2H3. The second-order valence-electron chi connectivity index (χ2n) is 2.33. The molecule has 0 aliphatic carbocycles. The lowest BCUT2D eigenvalue weighted by Crippen LogP contribution is -2.04. The predicted octanol–water partition coefficient (Wildman–Crippen LogP) is -0.0808. The summed E-state index contributed by atoms with van der Waals surface area (Å²) in [5.74, 6) is 4.49. The molecule has 5 nitrogen and oxygen atoms in total. The number of ether oxygens (including phenoxy) is 1. The number of esters is 1. The van der Waals surface area contributed by atoms with Gasteiger partial charge in [0, 0.05) is 6.42 Å².